The van der Waals surface area contributed by atoms with Crippen LogP contribution < -0.4 is 10.0 Å². The van der Waals surface area contributed by atoms with Gasteiger partial charge >= 0.3 is 6.18 Å². The zero-order valence-corrected chi connectivity index (χ0v) is 15.8. The molecule has 146 valence electrons. The molecule has 0 aliphatic carbocycles. The summed E-state index contributed by atoms with van der Waals surface area (Å²) in [5.41, 5.74) is 0.601. The fraction of sp³-hybridized carbons (Fsp3) is 0.188. The monoisotopic (exact) mass is 440 g/mol. The summed E-state index contributed by atoms with van der Waals surface area (Å²) in [6, 6.07) is 9.59. The molecule has 11 heteroatoms. The second-order valence-electron chi connectivity index (χ2n) is 5.45. The van der Waals surface area contributed by atoms with Crippen molar-refractivity contribution in [3.05, 3.63) is 58.1 Å². The molecule has 0 radical (unpaired) electrons. The molecule has 0 aliphatic rings. The zero-order chi connectivity index (χ0) is 20.2. The minimum Gasteiger partial charge on any atom is -0.347 e. The molecule has 27 heavy (non-hydrogen) atoms. The predicted octanol–water partition coefficient (Wildman–Crippen LogP) is 4.02. The van der Waals surface area contributed by atoms with Gasteiger partial charge < -0.3 is 5.32 Å². The summed E-state index contributed by atoms with van der Waals surface area (Å²) in [7, 11) is -4.00. The average Bonchev–Trinajstić information content (AvgIpc) is 2.56. The molecule has 2 N–H and O–H groups in total. The highest BCUT2D eigenvalue weighted by Crippen LogP contribution is 2.27. The lowest BCUT2D eigenvalue weighted by Crippen LogP contribution is -2.34. The molecule has 5 nitrogen and oxygen atoms in total. The summed E-state index contributed by atoms with van der Waals surface area (Å²) in [6.07, 6.45) is -4.76. The van der Waals surface area contributed by atoms with Gasteiger partial charge in [-0.3, -0.25) is 9.52 Å². The Balaban J connectivity index is 2.05. The lowest BCUT2D eigenvalue weighted by atomic mass is 10.1. The quantitative estimate of drug-likeness (QED) is 0.712. The largest absolute Gasteiger partial charge is 0.405 e. The molecule has 0 saturated carbocycles. The molecule has 0 atom stereocenters. The van der Waals surface area contributed by atoms with Crippen LogP contribution >= 0.6 is 23.2 Å². The van der Waals surface area contributed by atoms with Crippen LogP contribution in [0.2, 0.25) is 10.0 Å². The number of halogens is 5. The second kappa shape index (κ2) is 8.37. The molecule has 0 fully saturated rings. The maximum absolute atomic E-state index is 12.4. The van der Waals surface area contributed by atoms with Gasteiger partial charge in [-0.1, -0.05) is 35.3 Å². The fourth-order valence-corrected chi connectivity index (χ4v) is 3.85. The van der Waals surface area contributed by atoms with Crippen LogP contribution in [0.25, 0.3) is 0 Å². The van der Waals surface area contributed by atoms with Crippen molar-refractivity contribution in [2.75, 3.05) is 11.3 Å². The number of rotatable bonds is 6. The lowest BCUT2D eigenvalue weighted by Gasteiger charge is -2.11. The SMILES string of the molecule is O=C(Cc1ccc(NS(=O)(=O)c2cc(Cl)ccc2Cl)cc1)NCC(F)(F)F. The van der Waals surface area contributed by atoms with Gasteiger partial charge in [-0.05, 0) is 35.9 Å². The van der Waals surface area contributed by atoms with Crippen molar-refractivity contribution in [1.82, 2.24) is 5.32 Å². The molecular formula is C16H13Cl2F3N2O3S. The number of carbonyl (C=O) groups excluding carboxylic acids is 1. The molecule has 2 aromatic carbocycles. The molecule has 0 saturated heterocycles. The van der Waals surface area contributed by atoms with Gasteiger partial charge in [0.05, 0.1) is 11.4 Å². The van der Waals surface area contributed by atoms with Crippen LogP contribution in [0.4, 0.5) is 18.9 Å². The summed E-state index contributed by atoms with van der Waals surface area (Å²) in [4.78, 5) is 11.3. The van der Waals surface area contributed by atoms with Crippen LogP contribution in [0.5, 0.6) is 0 Å². The van der Waals surface area contributed by atoms with Gasteiger partial charge in [0.1, 0.15) is 11.4 Å². The number of sulfonamides is 1. The molecule has 0 heterocycles. The Bertz CT molecular complexity index is 933. The van der Waals surface area contributed by atoms with Crippen molar-refractivity contribution >= 4 is 44.8 Å². The molecule has 0 aliphatic heterocycles. The van der Waals surface area contributed by atoms with Crippen molar-refractivity contribution in [2.45, 2.75) is 17.5 Å². The summed E-state index contributed by atoms with van der Waals surface area (Å²) in [5, 5.41) is 1.94. The van der Waals surface area contributed by atoms with Crippen LogP contribution in [0.15, 0.2) is 47.4 Å². The van der Waals surface area contributed by atoms with E-state index in [1.807, 2.05) is 0 Å². The molecular weight excluding hydrogens is 428 g/mol. The van der Waals surface area contributed by atoms with Crippen molar-refractivity contribution in [1.29, 1.82) is 0 Å². The van der Waals surface area contributed by atoms with E-state index in [1.54, 1.807) is 5.32 Å². The first-order chi connectivity index (χ1) is 12.5. The minimum atomic E-state index is -4.49. The highest BCUT2D eigenvalue weighted by atomic mass is 35.5. The van der Waals surface area contributed by atoms with E-state index in [9.17, 15) is 26.4 Å². The van der Waals surface area contributed by atoms with Gasteiger partial charge in [-0.25, -0.2) is 8.42 Å². The number of carbonyl (C=O) groups is 1. The molecule has 0 aromatic heterocycles. The molecule has 2 rings (SSSR count). The van der Waals surface area contributed by atoms with Crippen LogP contribution in [0, 0.1) is 0 Å². The van der Waals surface area contributed by atoms with Crippen LogP contribution in [0.1, 0.15) is 5.56 Å². The van der Waals surface area contributed by atoms with E-state index in [4.69, 9.17) is 23.2 Å². The standard InChI is InChI=1S/C16H13Cl2F3N2O3S/c17-11-3-6-13(18)14(8-11)27(25,26)23-12-4-1-10(2-5-12)7-15(24)22-9-16(19,20)21/h1-6,8,23H,7,9H2,(H,22,24). The Labute approximate surface area is 163 Å². The molecule has 2 aromatic rings. The van der Waals surface area contributed by atoms with Crippen LogP contribution in [0.3, 0.4) is 0 Å². The summed E-state index contributed by atoms with van der Waals surface area (Å²) < 4.78 is 63.3. The Morgan fingerprint density at radius 2 is 1.67 bits per heavy atom. The Kier molecular flexibility index (Phi) is 6.61. The normalized spacial score (nSPS) is 11.9. The number of alkyl halides is 3. The number of nitrogens with one attached hydrogen (secondary N) is 2. The van der Waals surface area contributed by atoms with E-state index < -0.39 is 28.7 Å². The van der Waals surface area contributed by atoms with Gasteiger partial charge in [-0.15, -0.1) is 0 Å². The maximum Gasteiger partial charge on any atom is 0.405 e. The highest BCUT2D eigenvalue weighted by Gasteiger charge is 2.27. The third kappa shape index (κ3) is 6.60. The van der Waals surface area contributed by atoms with Gasteiger partial charge in [0.2, 0.25) is 5.91 Å². The smallest absolute Gasteiger partial charge is 0.347 e. The van der Waals surface area contributed by atoms with Crippen molar-refractivity contribution in [2.24, 2.45) is 0 Å². The second-order valence-corrected chi connectivity index (χ2v) is 7.94. The maximum atomic E-state index is 12.4. The van der Waals surface area contributed by atoms with Crippen LogP contribution in [-0.4, -0.2) is 27.0 Å². The highest BCUT2D eigenvalue weighted by molar-refractivity contribution is 7.92. The predicted molar refractivity (Wildman–Crippen MR) is 96.5 cm³/mol. The Morgan fingerprint density at radius 1 is 1.04 bits per heavy atom. The van der Waals surface area contributed by atoms with Crippen molar-refractivity contribution < 1.29 is 26.4 Å². The summed E-state index contributed by atoms with van der Waals surface area (Å²) >= 11 is 11.7. The lowest BCUT2D eigenvalue weighted by molar-refractivity contribution is -0.138. The topological polar surface area (TPSA) is 75.3 Å². The first-order valence-electron chi connectivity index (χ1n) is 7.36. The number of anilines is 1. The fourth-order valence-electron chi connectivity index (χ4n) is 2.03. The third-order valence-electron chi connectivity index (χ3n) is 3.24. The Morgan fingerprint density at radius 3 is 2.26 bits per heavy atom. The minimum absolute atomic E-state index is 0.00939. The average molecular weight is 441 g/mol. The zero-order valence-electron chi connectivity index (χ0n) is 13.5. The van der Waals surface area contributed by atoms with E-state index >= 15 is 0 Å². The van der Waals surface area contributed by atoms with Crippen molar-refractivity contribution in [3.63, 3.8) is 0 Å². The van der Waals surface area contributed by atoms with E-state index in [2.05, 4.69) is 4.72 Å². The van der Waals surface area contributed by atoms with Crippen molar-refractivity contribution in [3.8, 4) is 0 Å². The molecule has 1 amide bonds. The van der Waals surface area contributed by atoms with Gasteiger partial charge in [0, 0.05) is 10.7 Å². The number of benzene rings is 2. The molecule has 0 unspecified atom stereocenters. The van der Waals surface area contributed by atoms with E-state index in [0.717, 1.165) is 0 Å². The summed E-state index contributed by atoms with van der Waals surface area (Å²) in [5.74, 6) is -0.800. The summed E-state index contributed by atoms with van der Waals surface area (Å²) in [6.45, 7) is -1.41. The first-order valence-corrected chi connectivity index (χ1v) is 9.60. The number of hydrogen-bond acceptors (Lipinski definition) is 3. The first kappa shape index (κ1) is 21.3. The van der Waals surface area contributed by atoms with Crippen LogP contribution in [-0.2, 0) is 21.2 Å². The van der Waals surface area contributed by atoms with E-state index in [0.29, 0.717) is 5.56 Å². The van der Waals surface area contributed by atoms with E-state index in [-0.39, 0.29) is 27.0 Å². The van der Waals surface area contributed by atoms with Gasteiger partial charge in [0.25, 0.3) is 10.0 Å². The number of hydrogen-bond donors (Lipinski definition) is 2. The molecule has 0 spiro atoms. The Hall–Kier alpha value is -1.97. The molecule has 0 bridgehead atoms. The van der Waals surface area contributed by atoms with Gasteiger partial charge in [0.15, 0.2) is 0 Å². The van der Waals surface area contributed by atoms with Gasteiger partial charge in [-0.2, -0.15) is 13.2 Å². The third-order valence-corrected chi connectivity index (χ3v) is 5.34. The van der Waals surface area contributed by atoms with E-state index in [1.165, 1.54) is 42.5 Å². The number of amides is 1.